The smallest absolute Gasteiger partial charge is 0.218 e. The third kappa shape index (κ3) is 1.72. The maximum absolute atomic E-state index is 5.21. The average Bonchev–Trinajstić information content (AvgIpc) is 1.59. The number of aryl methyl sites for hydroxylation is 2. The molecule has 0 atom stereocenters. The Morgan fingerprint density at radius 1 is 1.22 bits per heavy atom. The van der Waals surface area contributed by atoms with Gasteiger partial charge in [0.2, 0.25) is 0 Å². The molecule has 1 heterocycles. The summed E-state index contributed by atoms with van der Waals surface area (Å²) >= 11 is 4.16. The first-order valence-electron chi connectivity index (χ1n) is 2.79. The largest absolute Gasteiger partial charge is 0.327 e. The van der Waals surface area contributed by atoms with E-state index in [-0.39, 0.29) is 0 Å². The molecule has 0 aliphatic rings. The Morgan fingerprint density at radius 2 is 1.67 bits per heavy atom. The lowest BCUT2D eigenvalue weighted by Crippen LogP contribution is -1.75. The Kier molecular flexibility index (Phi) is 1.76. The van der Waals surface area contributed by atoms with Gasteiger partial charge in [-0.1, -0.05) is 0 Å². The molecule has 1 aromatic rings. The first kappa shape index (κ1) is 6.62. The zero-order valence-corrected chi connectivity index (χ0v) is 6.40. The molecule has 0 fully saturated rings. The zero-order chi connectivity index (χ0) is 6.85. The molecule has 48 valence electrons. The van der Waals surface area contributed by atoms with Gasteiger partial charge in [-0.2, -0.15) is 0 Å². The summed E-state index contributed by atoms with van der Waals surface area (Å²) in [5, 5.41) is 0. The van der Waals surface area contributed by atoms with Gasteiger partial charge in [-0.3, -0.25) is 0 Å². The van der Waals surface area contributed by atoms with Crippen molar-refractivity contribution in [3.05, 3.63) is 23.7 Å². The molecule has 0 unspecified atom stereocenters. The van der Waals surface area contributed by atoms with Crippen LogP contribution in [0.3, 0.4) is 0 Å². The lowest BCUT2D eigenvalue weighted by Gasteiger charge is -1.83. The summed E-state index contributed by atoms with van der Waals surface area (Å²) in [6.45, 7) is 3.82. The minimum atomic E-state index is 0.903. The van der Waals surface area contributed by atoms with Crippen molar-refractivity contribution in [2.45, 2.75) is 18.7 Å². The van der Waals surface area contributed by atoms with E-state index < -0.39 is 0 Å². The number of hydrogen-bond acceptors (Lipinski definition) is 1. The molecule has 0 saturated carbocycles. The monoisotopic (exact) mass is 141 g/mol. The molecule has 0 bridgehead atoms. The average molecular weight is 141 g/mol. The van der Waals surface area contributed by atoms with Crippen molar-refractivity contribution in [1.29, 1.82) is 0 Å². The molecule has 1 rings (SSSR count). The van der Waals surface area contributed by atoms with E-state index in [0.29, 0.717) is 0 Å². The molecule has 2 heteroatoms. The molecular weight excluding hydrogens is 132 g/mol. The summed E-state index contributed by atoms with van der Waals surface area (Å²) < 4.78 is 5.21. The van der Waals surface area contributed by atoms with Crippen molar-refractivity contribution in [3.63, 3.8) is 0 Å². The zero-order valence-electron chi connectivity index (χ0n) is 5.51. The minimum Gasteiger partial charge on any atom is -0.218 e. The molecule has 0 spiro atoms. The lowest BCUT2D eigenvalue weighted by molar-refractivity contribution is 0.481. The molecule has 1 nitrogen and oxygen atoms in total. The van der Waals surface area contributed by atoms with Crippen molar-refractivity contribution < 1.29 is 4.42 Å². The number of rotatable bonds is 0. The summed E-state index contributed by atoms with van der Waals surface area (Å²) in [4.78, 5) is 0.955. The third-order valence-electron chi connectivity index (χ3n) is 1.02. The summed E-state index contributed by atoms with van der Waals surface area (Å²) in [7, 11) is 0. The van der Waals surface area contributed by atoms with Gasteiger partial charge in [0.15, 0.2) is 0 Å². The van der Waals surface area contributed by atoms with Crippen LogP contribution in [0.15, 0.2) is 21.4 Å². The van der Waals surface area contributed by atoms with Gasteiger partial charge >= 0.3 is 11.5 Å². The van der Waals surface area contributed by atoms with E-state index in [0.717, 1.165) is 16.4 Å². The Balaban J connectivity index is 3.17. The fourth-order valence-electron chi connectivity index (χ4n) is 0.771. The van der Waals surface area contributed by atoms with E-state index in [2.05, 4.69) is 12.6 Å². The molecule has 0 N–H and O–H groups in total. The topological polar surface area (TPSA) is 11.3 Å². The predicted octanol–water partition coefficient (Wildman–Crippen LogP) is 2.47. The highest BCUT2D eigenvalue weighted by atomic mass is 32.1. The lowest BCUT2D eigenvalue weighted by atomic mass is 10.4. The molecule has 1 aromatic heterocycles. The number of hydrogen-bond donors (Lipinski definition) is 1. The van der Waals surface area contributed by atoms with Crippen LogP contribution in [0.2, 0.25) is 0 Å². The quantitative estimate of drug-likeness (QED) is 0.432. The Labute approximate surface area is 60.1 Å². The van der Waals surface area contributed by atoms with E-state index in [4.69, 9.17) is 4.42 Å². The highest BCUT2D eigenvalue weighted by Gasteiger charge is 2.03. The molecular formula is C7H9OS+. The maximum atomic E-state index is 5.21. The standard InChI is InChI=1S/C7H8OS/c1-5-3-7(9)4-6(2)8-5/h3-4H,1-2H3/p+1. The van der Waals surface area contributed by atoms with Gasteiger partial charge in [0.25, 0.3) is 0 Å². The van der Waals surface area contributed by atoms with Crippen LogP contribution in [0, 0.1) is 13.8 Å². The molecule has 0 radical (unpaired) electrons. The molecule has 0 saturated heterocycles. The van der Waals surface area contributed by atoms with Crippen LogP contribution in [0.5, 0.6) is 0 Å². The Bertz CT molecular complexity index is 170. The first-order chi connectivity index (χ1) is 4.18. The maximum Gasteiger partial charge on any atom is 0.327 e. The van der Waals surface area contributed by atoms with E-state index in [9.17, 15) is 0 Å². The van der Waals surface area contributed by atoms with Crippen LogP contribution in [0.25, 0.3) is 0 Å². The predicted molar refractivity (Wildman–Crippen MR) is 39.8 cm³/mol. The van der Waals surface area contributed by atoms with Gasteiger partial charge in [-0.15, -0.1) is 12.6 Å². The first-order valence-corrected chi connectivity index (χ1v) is 3.23. The molecule has 9 heavy (non-hydrogen) atoms. The summed E-state index contributed by atoms with van der Waals surface area (Å²) in [5.74, 6) is 1.81. The van der Waals surface area contributed by atoms with Crippen molar-refractivity contribution in [2.75, 3.05) is 0 Å². The fraction of sp³-hybridized carbons (Fsp3) is 0.286. The van der Waals surface area contributed by atoms with Crippen LogP contribution in [-0.2, 0) is 0 Å². The van der Waals surface area contributed by atoms with E-state index >= 15 is 0 Å². The van der Waals surface area contributed by atoms with Gasteiger partial charge in [0.1, 0.15) is 0 Å². The van der Waals surface area contributed by atoms with Crippen molar-refractivity contribution >= 4 is 12.6 Å². The van der Waals surface area contributed by atoms with Crippen LogP contribution < -0.4 is 0 Å². The second-order valence-corrected chi connectivity index (χ2v) is 2.55. The van der Waals surface area contributed by atoms with Crippen molar-refractivity contribution in [2.24, 2.45) is 0 Å². The highest BCUT2D eigenvalue weighted by molar-refractivity contribution is 7.80. The molecule has 0 aliphatic heterocycles. The third-order valence-corrected chi connectivity index (χ3v) is 1.28. The van der Waals surface area contributed by atoms with Crippen molar-refractivity contribution in [3.8, 4) is 0 Å². The summed E-state index contributed by atoms with van der Waals surface area (Å²) in [6, 6.07) is 3.77. The van der Waals surface area contributed by atoms with E-state index in [1.54, 1.807) is 0 Å². The van der Waals surface area contributed by atoms with Crippen molar-refractivity contribution in [1.82, 2.24) is 0 Å². The summed E-state index contributed by atoms with van der Waals surface area (Å²) in [6.07, 6.45) is 0. The minimum absolute atomic E-state index is 0.903. The second kappa shape index (κ2) is 2.40. The molecule has 0 aliphatic carbocycles. The SMILES string of the molecule is Cc1cc(S)cc(C)[o+]1. The highest BCUT2D eigenvalue weighted by Crippen LogP contribution is 2.11. The fourth-order valence-corrected chi connectivity index (χ4v) is 1.13. The van der Waals surface area contributed by atoms with Gasteiger partial charge in [0, 0.05) is 4.90 Å². The normalized spacial score (nSPS) is 9.67. The van der Waals surface area contributed by atoms with E-state index in [1.807, 2.05) is 26.0 Å². The van der Waals surface area contributed by atoms with Crippen LogP contribution >= 0.6 is 12.6 Å². The summed E-state index contributed by atoms with van der Waals surface area (Å²) in [5.41, 5.74) is 0. The molecule has 0 amide bonds. The van der Waals surface area contributed by atoms with Crippen LogP contribution in [0.4, 0.5) is 0 Å². The van der Waals surface area contributed by atoms with Gasteiger partial charge in [-0.05, 0) is 0 Å². The second-order valence-electron chi connectivity index (χ2n) is 2.04. The van der Waals surface area contributed by atoms with Gasteiger partial charge in [-0.25, -0.2) is 4.42 Å². The van der Waals surface area contributed by atoms with Crippen LogP contribution in [-0.4, -0.2) is 0 Å². The van der Waals surface area contributed by atoms with Gasteiger partial charge in [0.05, 0.1) is 26.0 Å². The van der Waals surface area contributed by atoms with E-state index in [1.165, 1.54) is 0 Å². The Morgan fingerprint density at radius 3 is 2.00 bits per heavy atom. The number of thiol groups is 1. The van der Waals surface area contributed by atoms with Gasteiger partial charge < -0.3 is 0 Å². The Hall–Kier alpha value is -0.500. The molecule has 0 aromatic carbocycles. The van der Waals surface area contributed by atoms with Crippen LogP contribution in [0.1, 0.15) is 11.5 Å².